The molecule has 1 unspecified atom stereocenters. The number of hydrogen-bond acceptors (Lipinski definition) is 3. The molecule has 0 saturated heterocycles. The van der Waals surface area contributed by atoms with Crippen LogP contribution in [0.15, 0.2) is 24.3 Å². The highest BCUT2D eigenvalue weighted by Crippen LogP contribution is 2.23. The van der Waals surface area contributed by atoms with Crippen LogP contribution in [0.5, 0.6) is 0 Å². The molecule has 1 rings (SSSR count). The zero-order valence-corrected chi connectivity index (χ0v) is 12.9. The Kier molecular flexibility index (Phi) is 6.34. The van der Waals surface area contributed by atoms with Crippen molar-refractivity contribution in [1.29, 1.82) is 0 Å². The van der Waals surface area contributed by atoms with Crippen molar-refractivity contribution in [1.82, 2.24) is 0 Å². The third-order valence-corrected chi connectivity index (χ3v) is 2.98. The largest absolute Gasteiger partial charge is 0.464 e. The minimum atomic E-state index is -0.821. The van der Waals surface area contributed by atoms with Gasteiger partial charge in [-0.15, -0.1) is 0 Å². The lowest BCUT2D eigenvalue weighted by Gasteiger charge is -2.29. The van der Waals surface area contributed by atoms with Gasteiger partial charge in [0.25, 0.3) is 0 Å². The summed E-state index contributed by atoms with van der Waals surface area (Å²) in [6.07, 6.45) is 0.352. The molecule has 4 nitrogen and oxygen atoms in total. The van der Waals surface area contributed by atoms with Crippen LogP contribution < -0.4 is 4.90 Å². The molecular formula is C16H22FNO3. The highest BCUT2D eigenvalue weighted by atomic mass is 19.1. The average Bonchev–Trinajstić information content (AvgIpc) is 2.42. The van der Waals surface area contributed by atoms with Gasteiger partial charge < -0.3 is 4.74 Å². The average molecular weight is 295 g/mol. The number of carbonyl (C=O) groups excluding carboxylic acids is 2. The second-order valence-corrected chi connectivity index (χ2v) is 5.29. The highest BCUT2D eigenvalue weighted by Gasteiger charge is 2.30. The summed E-state index contributed by atoms with van der Waals surface area (Å²) in [5, 5.41) is 0. The molecule has 1 aromatic rings. The van der Waals surface area contributed by atoms with Gasteiger partial charge in [0, 0.05) is 6.92 Å². The van der Waals surface area contributed by atoms with E-state index in [2.05, 4.69) is 0 Å². The van der Waals surface area contributed by atoms with Crippen LogP contribution in [-0.4, -0.2) is 24.5 Å². The number of esters is 1. The Morgan fingerprint density at radius 2 is 1.90 bits per heavy atom. The lowest BCUT2D eigenvalue weighted by atomic mass is 10.1. The van der Waals surface area contributed by atoms with E-state index in [4.69, 9.17) is 4.74 Å². The number of halogens is 1. The third-order valence-electron chi connectivity index (χ3n) is 2.98. The summed E-state index contributed by atoms with van der Waals surface area (Å²) in [5.41, 5.74) is 0.0957. The quantitative estimate of drug-likeness (QED) is 0.757. The molecule has 5 heteroatoms. The second-order valence-electron chi connectivity index (χ2n) is 5.29. The van der Waals surface area contributed by atoms with E-state index < -0.39 is 23.7 Å². The van der Waals surface area contributed by atoms with Gasteiger partial charge in [-0.3, -0.25) is 9.69 Å². The van der Waals surface area contributed by atoms with Crippen LogP contribution in [0.2, 0.25) is 0 Å². The van der Waals surface area contributed by atoms with Crippen LogP contribution in [0.1, 0.15) is 34.1 Å². The molecule has 1 aromatic carbocycles. The molecule has 0 aliphatic rings. The smallest absolute Gasteiger partial charge is 0.329 e. The van der Waals surface area contributed by atoms with Crippen molar-refractivity contribution in [3.63, 3.8) is 0 Å². The first-order valence-electron chi connectivity index (χ1n) is 7.09. The Morgan fingerprint density at radius 3 is 2.38 bits per heavy atom. The Bertz CT molecular complexity index is 502. The van der Waals surface area contributed by atoms with Gasteiger partial charge in [-0.25, -0.2) is 9.18 Å². The number of para-hydroxylation sites is 1. The van der Waals surface area contributed by atoms with Crippen LogP contribution in [0.4, 0.5) is 10.1 Å². The zero-order chi connectivity index (χ0) is 16.0. The van der Waals surface area contributed by atoms with Gasteiger partial charge in [-0.1, -0.05) is 32.9 Å². The second kappa shape index (κ2) is 7.76. The van der Waals surface area contributed by atoms with E-state index in [-0.39, 0.29) is 18.2 Å². The molecule has 0 aromatic heterocycles. The first-order valence-corrected chi connectivity index (χ1v) is 7.09. The van der Waals surface area contributed by atoms with Crippen LogP contribution in [-0.2, 0) is 14.3 Å². The van der Waals surface area contributed by atoms with E-state index >= 15 is 0 Å². The van der Waals surface area contributed by atoms with E-state index in [0.717, 1.165) is 4.90 Å². The number of amides is 1. The molecule has 0 N–H and O–H groups in total. The molecule has 0 aliphatic heterocycles. The molecule has 21 heavy (non-hydrogen) atoms. The maximum atomic E-state index is 13.9. The summed E-state index contributed by atoms with van der Waals surface area (Å²) in [6, 6.07) is 5.08. The number of benzene rings is 1. The topological polar surface area (TPSA) is 46.6 Å². The molecule has 0 spiro atoms. The Labute approximate surface area is 124 Å². The number of ether oxygens (including phenoxy) is 1. The lowest BCUT2D eigenvalue weighted by Crippen LogP contribution is -2.45. The minimum absolute atomic E-state index is 0.0957. The van der Waals surface area contributed by atoms with Gasteiger partial charge in [0.1, 0.15) is 11.9 Å². The fourth-order valence-corrected chi connectivity index (χ4v) is 2.00. The normalized spacial score (nSPS) is 12.1. The number of nitrogens with zero attached hydrogens (tertiary/aromatic N) is 1. The number of anilines is 1. The summed E-state index contributed by atoms with van der Waals surface area (Å²) in [6.45, 7) is 7.20. The predicted octanol–water partition coefficient (Wildman–Crippen LogP) is 3.16. The van der Waals surface area contributed by atoms with E-state index in [1.807, 2.05) is 13.8 Å². The first-order chi connectivity index (χ1) is 9.88. The molecule has 116 valence electrons. The molecule has 0 radical (unpaired) electrons. The zero-order valence-electron chi connectivity index (χ0n) is 12.9. The van der Waals surface area contributed by atoms with Gasteiger partial charge in [0.15, 0.2) is 0 Å². The van der Waals surface area contributed by atoms with Crippen molar-refractivity contribution in [2.75, 3.05) is 11.5 Å². The SMILES string of the molecule is CCC(C(=O)OCC(C)C)N(C(C)=O)c1ccccc1F. The molecule has 0 saturated carbocycles. The molecule has 1 amide bonds. The summed E-state index contributed by atoms with van der Waals surface area (Å²) in [7, 11) is 0. The summed E-state index contributed by atoms with van der Waals surface area (Å²) < 4.78 is 19.1. The van der Waals surface area contributed by atoms with Crippen LogP contribution >= 0.6 is 0 Å². The van der Waals surface area contributed by atoms with Gasteiger partial charge >= 0.3 is 5.97 Å². The Balaban J connectivity index is 3.05. The summed E-state index contributed by atoms with van der Waals surface area (Å²) in [5.74, 6) is -1.24. The van der Waals surface area contributed by atoms with E-state index in [1.54, 1.807) is 13.0 Å². The summed E-state index contributed by atoms with van der Waals surface area (Å²) >= 11 is 0. The van der Waals surface area contributed by atoms with Crippen molar-refractivity contribution >= 4 is 17.6 Å². The minimum Gasteiger partial charge on any atom is -0.464 e. The van der Waals surface area contributed by atoms with Crippen LogP contribution in [0, 0.1) is 11.7 Å². The van der Waals surface area contributed by atoms with E-state index in [1.165, 1.54) is 25.1 Å². The van der Waals surface area contributed by atoms with Gasteiger partial charge in [-0.05, 0) is 24.5 Å². The predicted molar refractivity (Wildman–Crippen MR) is 79.4 cm³/mol. The van der Waals surface area contributed by atoms with Crippen molar-refractivity contribution in [3.05, 3.63) is 30.1 Å². The molecule has 0 heterocycles. The molecule has 0 aliphatic carbocycles. The molecule has 1 atom stereocenters. The Morgan fingerprint density at radius 1 is 1.29 bits per heavy atom. The fraction of sp³-hybridized carbons (Fsp3) is 0.500. The van der Waals surface area contributed by atoms with Crippen molar-refractivity contribution < 1.29 is 18.7 Å². The number of rotatable bonds is 6. The van der Waals surface area contributed by atoms with Gasteiger partial charge in [0.05, 0.1) is 12.3 Å². The van der Waals surface area contributed by atoms with E-state index in [9.17, 15) is 14.0 Å². The maximum absolute atomic E-state index is 13.9. The summed E-state index contributed by atoms with van der Waals surface area (Å²) in [4.78, 5) is 25.2. The third kappa shape index (κ3) is 4.55. The van der Waals surface area contributed by atoms with Crippen LogP contribution in [0.3, 0.4) is 0 Å². The van der Waals surface area contributed by atoms with Crippen molar-refractivity contribution in [2.24, 2.45) is 5.92 Å². The van der Waals surface area contributed by atoms with Crippen molar-refractivity contribution in [2.45, 2.75) is 40.2 Å². The van der Waals surface area contributed by atoms with E-state index in [0.29, 0.717) is 6.42 Å². The maximum Gasteiger partial charge on any atom is 0.329 e. The van der Waals surface area contributed by atoms with Crippen LogP contribution in [0.25, 0.3) is 0 Å². The number of hydrogen-bond donors (Lipinski definition) is 0. The lowest BCUT2D eigenvalue weighted by molar-refractivity contribution is -0.147. The van der Waals surface area contributed by atoms with Crippen molar-refractivity contribution in [3.8, 4) is 0 Å². The monoisotopic (exact) mass is 295 g/mol. The molecular weight excluding hydrogens is 273 g/mol. The molecule has 0 fully saturated rings. The first kappa shape index (κ1) is 17.1. The van der Waals surface area contributed by atoms with Gasteiger partial charge in [0.2, 0.25) is 5.91 Å². The fourth-order valence-electron chi connectivity index (χ4n) is 2.00. The standard InChI is InChI=1S/C16H22FNO3/c1-5-14(16(20)21-10-11(2)3)18(12(4)19)15-9-7-6-8-13(15)17/h6-9,11,14H,5,10H2,1-4H3. The van der Waals surface area contributed by atoms with Gasteiger partial charge in [-0.2, -0.15) is 0 Å². The number of carbonyl (C=O) groups is 2. The Hall–Kier alpha value is -1.91. The highest BCUT2D eigenvalue weighted by molar-refractivity contribution is 5.98. The molecule has 0 bridgehead atoms.